The van der Waals surface area contributed by atoms with E-state index in [2.05, 4.69) is 22.4 Å². The van der Waals surface area contributed by atoms with E-state index in [9.17, 15) is 4.79 Å². The molecule has 7 heteroatoms. The molecule has 0 saturated carbocycles. The highest BCUT2D eigenvalue weighted by molar-refractivity contribution is 7.99. The predicted molar refractivity (Wildman–Crippen MR) is 91.4 cm³/mol. The smallest absolute Gasteiger partial charge is 0.277 e. The molecule has 118 valence electrons. The fourth-order valence-electron chi connectivity index (χ4n) is 1.98. The lowest BCUT2D eigenvalue weighted by molar-refractivity contribution is -0.113. The van der Waals surface area contributed by atoms with Crippen LogP contribution in [0.3, 0.4) is 0 Å². The molecule has 1 aromatic heterocycles. The Morgan fingerprint density at radius 3 is 2.91 bits per heavy atom. The highest BCUT2D eigenvalue weighted by atomic mass is 32.2. The molecule has 22 heavy (non-hydrogen) atoms. The molecule has 1 aromatic carbocycles. The van der Waals surface area contributed by atoms with Crippen molar-refractivity contribution in [1.82, 2.24) is 10.2 Å². The molecule has 0 aliphatic carbocycles. The van der Waals surface area contributed by atoms with Crippen LogP contribution in [-0.2, 0) is 17.0 Å². The first-order valence-corrected chi connectivity index (χ1v) is 9.34. The van der Waals surface area contributed by atoms with Crippen LogP contribution in [0, 0.1) is 6.92 Å². The third-order valence-corrected chi connectivity index (χ3v) is 4.40. The Kier molecular flexibility index (Phi) is 6.33. The molecule has 0 saturated heterocycles. The van der Waals surface area contributed by atoms with Crippen molar-refractivity contribution >= 4 is 35.1 Å². The summed E-state index contributed by atoms with van der Waals surface area (Å²) in [5.41, 5.74) is 3.11. The van der Waals surface area contributed by atoms with E-state index in [1.807, 2.05) is 31.4 Å². The molecule has 0 radical (unpaired) electrons. The molecule has 0 unspecified atom stereocenters. The molecule has 0 spiro atoms. The molecule has 2 rings (SSSR count). The van der Waals surface area contributed by atoms with Gasteiger partial charge in [-0.25, -0.2) is 0 Å². The van der Waals surface area contributed by atoms with E-state index in [1.165, 1.54) is 11.8 Å². The van der Waals surface area contributed by atoms with Crippen LogP contribution < -0.4 is 5.32 Å². The highest BCUT2D eigenvalue weighted by Crippen LogP contribution is 2.22. The van der Waals surface area contributed by atoms with Crippen LogP contribution >= 0.6 is 23.5 Å². The van der Waals surface area contributed by atoms with Crippen LogP contribution in [0.1, 0.15) is 23.9 Å². The summed E-state index contributed by atoms with van der Waals surface area (Å²) in [7, 11) is 0. The second kappa shape index (κ2) is 8.24. The Morgan fingerprint density at radius 2 is 2.18 bits per heavy atom. The van der Waals surface area contributed by atoms with E-state index in [-0.39, 0.29) is 11.7 Å². The number of amides is 1. The topological polar surface area (TPSA) is 68.0 Å². The Bertz CT molecular complexity index is 643. The van der Waals surface area contributed by atoms with Crippen LogP contribution in [0.15, 0.2) is 27.8 Å². The number of para-hydroxylation sites is 1. The van der Waals surface area contributed by atoms with Crippen molar-refractivity contribution in [2.75, 3.05) is 17.3 Å². The Hall–Kier alpha value is -1.47. The van der Waals surface area contributed by atoms with Crippen LogP contribution in [-0.4, -0.2) is 28.1 Å². The molecule has 0 fully saturated rings. The van der Waals surface area contributed by atoms with E-state index < -0.39 is 0 Å². The lowest BCUT2D eigenvalue weighted by Gasteiger charge is -2.12. The number of carbonyl (C=O) groups excluding carboxylic acids is 1. The van der Waals surface area contributed by atoms with Crippen LogP contribution in [0.2, 0.25) is 0 Å². The quantitative estimate of drug-likeness (QED) is 0.780. The maximum atomic E-state index is 12.1. The number of hydrogen-bond acceptors (Lipinski definition) is 6. The van der Waals surface area contributed by atoms with E-state index in [0.717, 1.165) is 23.2 Å². The summed E-state index contributed by atoms with van der Waals surface area (Å²) in [6, 6.07) is 6.03. The normalized spacial score (nSPS) is 10.7. The number of anilines is 1. The minimum absolute atomic E-state index is 0.0707. The number of carbonyl (C=O) groups is 1. The molecule has 0 bridgehead atoms. The van der Waals surface area contributed by atoms with Crippen molar-refractivity contribution in [3.8, 4) is 0 Å². The van der Waals surface area contributed by atoms with E-state index in [0.29, 0.717) is 16.9 Å². The largest absolute Gasteiger partial charge is 0.415 e. The summed E-state index contributed by atoms with van der Waals surface area (Å²) >= 11 is 2.87. The van der Waals surface area contributed by atoms with Gasteiger partial charge in [-0.05, 0) is 30.7 Å². The van der Waals surface area contributed by atoms with E-state index in [4.69, 9.17) is 4.42 Å². The Labute approximate surface area is 138 Å². The summed E-state index contributed by atoms with van der Waals surface area (Å²) in [4.78, 5) is 12.1. The molecule has 0 aliphatic rings. The maximum absolute atomic E-state index is 12.1. The van der Waals surface area contributed by atoms with Gasteiger partial charge in [0, 0.05) is 5.69 Å². The lowest BCUT2D eigenvalue weighted by atomic mass is 10.1. The average Bonchev–Trinajstić information content (AvgIpc) is 2.95. The summed E-state index contributed by atoms with van der Waals surface area (Å²) in [5, 5.41) is 11.2. The van der Waals surface area contributed by atoms with Crippen molar-refractivity contribution in [2.24, 2.45) is 0 Å². The molecule has 0 atom stereocenters. The SMILES string of the molecule is CCc1cccc(C)c1NC(=O)CSc1nnc(CSC)o1. The highest BCUT2D eigenvalue weighted by Gasteiger charge is 2.12. The van der Waals surface area contributed by atoms with E-state index >= 15 is 0 Å². The van der Waals surface area contributed by atoms with Gasteiger partial charge in [0.2, 0.25) is 11.8 Å². The number of aromatic nitrogens is 2. The third kappa shape index (κ3) is 4.51. The second-order valence-corrected chi connectivity index (χ2v) is 6.49. The van der Waals surface area contributed by atoms with Gasteiger partial charge in [0.15, 0.2) is 0 Å². The molecule has 5 nitrogen and oxygen atoms in total. The van der Waals surface area contributed by atoms with Gasteiger partial charge in [0.25, 0.3) is 5.22 Å². The van der Waals surface area contributed by atoms with Gasteiger partial charge < -0.3 is 9.73 Å². The molecular weight excluding hydrogens is 318 g/mol. The average molecular weight is 337 g/mol. The van der Waals surface area contributed by atoms with Gasteiger partial charge >= 0.3 is 0 Å². The molecule has 0 aliphatic heterocycles. The van der Waals surface area contributed by atoms with Gasteiger partial charge in [0.1, 0.15) is 0 Å². The molecular formula is C15H19N3O2S2. The van der Waals surface area contributed by atoms with Crippen molar-refractivity contribution < 1.29 is 9.21 Å². The fourth-order valence-corrected chi connectivity index (χ4v) is 2.93. The second-order valence-electron chi connectivity index (χ2n) is 4.69. The number of nitrogens with one attached hydrogen (secondary N) is 1. The third-order valence-electron chi connectivity index (χ3n) is 3.05. The van der Waals surface area contributed by atoms with Crippen molar-refractivity contribution in [1.29, 1.82) is 0 Å². The van der Waals surface area contributed by atoms with Gasteiger partial charge in [-0.15, -0.1) is 10.2 Å². The Balaban J connectivity index is 1.93. The zero-order valence-electron chi connectivity index (χ0n) is 12.9. The van der Waals surface area contributed by atoms with Gasteiger partial charge in [-0.1, -0.05) is 36.9 Å². The number of aryl methyl sites for hydroxylation is 2. The molecule has 1 N–H and O–H groups in total. The van der Waals surface area contributed by atoms with Crippen LogP contribution in [0.5, 0.6) is 0 Å². The predicted octanol–water partition coefficient (Wildman–Crippen LogP) is 3.53. The fraction of sp³-hybridized carbons (Fsp3) is 0.400. The summed E-state index contributed by atoms with van der Waals surface area (Å²) in [5.74, 6) is 1.45. The number of nitrogens with zero attached hydrogens (tertiary/aromatic N) is 2. The van der Waals surface area contributed by atoms with Gasteiger partial charge in [-0.3, -0.25) is 4.79 Å². The Morgan fingerprint density at radius 1 is 1.36 bits per heavy atom. The molecule has 1 heterocycles. The molecule has 1 amide bonds. The monoisotopic (exact) mass is 337 g/mol. The minimum atomic E-state index is -0.0707. The number of rotatable bonds is 7. The van der Waals surface area contributed by atoms with Crippen molar-refractivity contribution in [2.45, 2.75) is 31.2 Å². The van der Waals surface area contributed by atoms with Gasteiger partial charge in [-0.2, -0.15) is 11.8 Å². The standard InChI is InChI=1S/C15H19N3O2S2/c1-4-11-7-5-6-10(2)14(11)16-12(19)8-22-15-18-17-13(20-15)9-21-3/h5-7H,4,8-9H2,1-3H3,(H,16,19). The summed E-state index contributed by atoms with van der Waals surface area (Å²) in [6.45, 7) is 4.07. The zero-order valence-corrected chi connectivity index (χ0v) is 14.5. The van der Waals surface area contributed by atoms with Crippen molar-refractivity contribution in [3.63, 3.8) is 0 Å². The first kappa shape index (κ1) is 16.9. The minimum Gasteiger partial charge on any atom is -0.415 e. The van der Waals surface area contributed by atoms with Gasteiger partial charge in [0.05, 0.1) is 11.5 Å². The first-order chi connectivity index (χ1) is 10.6. The first-order valence-electron chi connectivity index (χ1n) is 6.96. The summed E-state index contributed by atoms with van der Waals surface area (Å²) < 4.78 is 5.43. The summed E-state index contributed by atoms with van der Waals surface area (Å²) in [6.07, 6.45) is 2.85. The molecule has 2 aromatic rings. The van der Waals surface area contributed by atoms with Crippen LogP contribution in [0.4, 0.5) is 5.69 Å². The van der Waals surface area contributed by atoms with Crippen molar-refractivity contribution in [3.05, 3.63) is 35.2 Å². The van der Waals surface area contributed by atoms with E-state index in [1.54, 1.807) is 11.8 Å². The number of benzene rings is 1. The lowest BCUT2D eigenvalue weighted by Crippen LogP contribution is -2.16. The maximum Gasteiger partial charge on any atom is 0.277 e. The number of hydrogen-bond donors (Lipinski definition) is 1. The zero-order chi connectivity index (χ0) is 15.9. The van der Waals surface area contributed by atoms with Crippen LogP contribution in [0.25, 0.3) is 0 Å². The number of thioether (sulfide) groups is 2.